The van der Waals surface area contributed by atoms with Crippen molar-refractivity contribution in [1.29, 1.82) is 0 Å². The highest BCUT2D eigenvalue weighted by molar-refractivity contribution is 5.81. The molecule has 0 atom stereocenters. The fourth-order valence-electron chi connectivity index (χ4n) is 3.09. The first kappa shape index (κ1) is 20.6. The summed E-state index contributed by atoms with van der Waals surface area (Å²) in [6.45, 7) is 5.51. The molecule has 0 saturated heterocycles. The van der Waals surface area contributed by atoms with Gasteiger partial charge in [-0.25, -0.2) is 0 Å². The van der Waals surface area contributed by atoms with Gasteiger partial charge in [0.25, 0.3) is 0 Å². The molecule has 144 valence electrons. The molecule has 1 N–H and O–H groups in total. The Hall–Kier alpha value is -2.66. The Morgan fingerprint density at radius 1 is 0.889 bits per heavy atom. The van der Waals surface area contributed by atoms with Gasteiger partial charge in [0.15, 0.2) is 0 Å². The number of hydrogen-bond donors (Lipinski definition) is 1. The number of benzene rings is 2. The van der Waals surface area contributed by atoms with E-state index < -0.39 is 0 Å². The topological polar surface area (TPSA) is 52.7 Å². The highest BCUT2D eigenvalue weighted by atomic mass is 16.2. The summed E-state index contributed by atoms with van der Waals surface area (Å²) in [7, 11) is 1.83. The Labute approximate surface area is 162 Å². The average molecular weight is 367 g/mol. The normalized spacial score (nSPS) is 10.9. The van der Waals surface area contributed by atoms with Gasteiger partial charge in [-0.05, 0) is 24.6 Å². The van der Waals surface area contributed by atoms with Crippen LogP contribution in [0.3, 0.4) is 0 Å². The van der Waals surface area contributed by atoms with Crippen LogP contribution in [-0.4, -0.2) is 54.8 Å². The van der Waals surface area contributed by atoms with Crippen molar-refractivity contribution in [1.82, 2.24) is 15.1 Å². The van der Waals surface area contributed by atoms with E-state index in [1.807, 2.05) is 86.5 Å². The maximum Gasteiger partial charge on any atom is 0.237 e. The van der Waals surface area contributed by atoms with E-state index in [1.165, 1.54) is 0 Å². The minimum absolute atomic E-state index is 0.0149. The Bertz CT molecular complexity index is 679. The van der Waals surface area contributed by atoms with Gasteiger partial charge in [0, 0.05) is 13.6 Å². The number of nitrogens with one attached hydrogen (secondary N) is 1. The van der Waals surface area contributed by atoms with Crippen LogP contribution >= 0.6 is 0 Å². The van der Waals surface area contributed by atoms with E-state index in [0.29, 0.717) is 13.1 Å². The van der Waals surface area contributed by atoms with Crippen LogP contribution in [0.25, 0.3) is 0 Å². The third-order valence-electron chi connectivity index (χ3n) is 4.56. The van der Waals surface area contributed by atoms with Crippen molar-refractivity contribution in [2.45, 2.75) is 19.9 Å². The molecule has 2 rings (SSSR count). The Morgan fingerprint density at radius 3 is 1.85 bits per heavy atom. The van der Waals surface area contributed by atoms with Crippen LogP contribution in [0, 0.1) is 0 Å². The van der Waals surface area contributed by atoms with Crippen LogP contribution in [-0.2, 0) is 9.59 Å². The quantitative estimate of drug-likeness (QED) is 0.741. The molecule has 0 fully saturated rings. The molecule has 0 heterocycles. The first-order chi connectivity index (χ1) is 13.1. The summed E-state index contributed by atoms with van der Waals surface area (Å²) in [5, 5.41) is 2.78. The highest BCUT2D eigenvalue weighted by Crippen LogP contribution is 2.27. The fourth-order valence-corrected chi connectivity index (χ4v) is 3.09. The smallest absolute Gasteiger partial charge is 0.237 e. The van der Waals surface area contributed by atoms with Crippen molar-refractivity contribution in [3.05, 3.63) is 71.8 Å². The lowest BCUT2D eigenvalue weighted by Crippen LogP contribution is -2.44. The van der Waals surface area contributed by atoms with Crippen LogP contribution in [0.1, 0.15) is 31.0 Å². The van der Waals surface area contributed by atoms with Gasteiger partial charge in [-0.1, -0.05) is 67.6 Å². The molecule has 0 spiro atoms. The molecule has 0 radical (unpaired) electrons. The standard InChI is InChI=1S/C22H29N3O2/c1-4-23-20(26)16-25(5-2)17-21(27)24(3)22(18-12-8-6-9-13-18)19-14-10-7-11-15-19/h6-15,22H,4-5,16-17H2,1-3H3,(H,23,26). The monoisotopic (exact) mass is 367 g/mol. The number of carbonyl (C=O) groups is 2. The second kappa shape index (κ2) is 10.5. The number of amides is 2. The van der Waals surface area contributed by atoms with Gasteiger partial charge in [-0.2, -0.15) is 0 Å². The van der Waals surface area contributed by atoms with Crippen LogP contribution in [0.5, 0.6) is 0 Å². The van der Waals surface area contributed by atoms with Gasteiger partial charge < -0.3 is 10.2 Å². The van der Waals surface area contributed by atoms with E-state index in [9.17, 15) is 9.59 Å². The zero-order chi connectivity index (χ0) is 19.6. The number of rotatable bonds is 9. The largest absolute Gasteiger partial charge is 0.355 e. The van der Waals surface area contributed by atoms with Gasteiger partial charge in [0.1, 0.15) is 0 Å². The van der Waals surface area contributed by atoms with Crippen molar-refractivity contribution in [3.63, 3.8) is 0 Å². The summed E-state index contributed by atoms with van der Waals surface area (Å²) in [5.41, 5.74) is 2.12. The molecule has 2 aromatic rings. The second-order valence-corrected chi connectivity index (χ2v) is 6.49. The molecular formula is C22H29N3O2. The van der Waals surface area contributed by atoms with E-state index in [-0.39, 0.29) is 30.9 Å². The Morgan fingerprint density at radius 2 is 1.41 bits per heavy atom. The molecular weight excluding hydrogens is 338 g/mol. The molecule has 5 nitrogen and oxygen atoms in total. The Kier molecular flexibility index (Phi) is 8.01. The van der Waals surface area contributed by atoms with E-state index in [4.69, 9.17) is 0 Å². The molecule has 2 amide bonds. The summed E-state index contributed by atoms with van der Waals surface area (Å²) in [6, 6.07) is 19.9. The molecule has 0 saturated carbocycles. The number of carbonyl (C=O) groups excluding carboxylic acids is 2. The van der Waals surface area contributed by atoms with Gasteiger partial charge in [-0.15, -0.1) is 0 Å². The van der Waals surface area contributed by atoms with Crippen LogP contribution in [0.4, 0.5) is 0 Å². The maximum absolute atomic E-state index is 13.0. The molecule has 2 aromatic carbocycles. The second-order valence-electron chi connectivity index (χ2n) is 6.49. The molecule has 0 unspecified atom stereocenters. The van der Waals surface area contributed by atoms with Crippen molar-refractivity contribution in [2.75, 3.05) is 33.2 Å². The molecule has 5 heteroatoms. The summed E-state index contributed by atoms with van der Waals surface area (Å²) >= 11 is 0. The molecule has 0 aliphatic heterocycles. The molecule has 0 aliphatic carbocycles. The third kappa shape index (κ3) is 5.93. The molecule has 0 aliphatic rings. The molecule has 0 bridgehead atoms. The first-order valence-electron chi connectivity index (χ1n) is 9.41. The lowest BCUT2D eigenvalue weighted by molar-refractivity contribution is -0.133. The van der Waals surface area contributed by atoms with E-state index >= 15 is 0 Å². The molecule has 27 heavy (non-hydrogen) atoms. The van der Waals surface area contributed by atoms with E-state index in [0.717, 1.165) is 11.1 Å². The SMILES string of the molecule is CCNC(=O)CN(CC)CC(=O)N(C)C(c1ccccc1)c1ccccc1. The summed E-state index contributed by atoms with van der Waals surface area (Å²) < 4.78 is 0. The number of likely N-dealkylation sites (N-methyl/N-ethyl adjacent to an activating group) is 3. The van der Waals surface area contributed by atoms with E-state index in [2.05, 4.69) is 5.32 Å². The number of nitrogens with zero attached hydrogens (tertiary/aromatic N) is 2. The zero-order valence-corrected chi connectivity index (χ0v) is 16.4. The van der Waals surface area contributed by atoms with Crippen LogP contribution in [0.2, 0.25) is 0 Å². The van der Waals surface area contributed by atoms with E-state index in [1.54, 1.807) is 4.90 Å². The minimum atomic E-state index is -0.164. The lowest BCUT2D eigenvalue weighted by Gasteiger charge is -2.31. The third-order valence-corrected chi connectivity index (χ3v) is 4.56. The van der Waals surface area contributed by atoms with Crippen LogP contribution in [0.15, 0.2) is 60.7 Å². The fraction of sp³-hybridized carbons (Fsp3) is 0.364. The van der Waals surface area contributed by atoms with Crippen LogP contribution < -0.4 is 5.32 Å². The minimum Gasteiger partial charge on any atom is -0.355 e. The molecule has 0 aromatic heterocycles. The van der Waals surface area contributed by atoms with Gasteiger partial charge in [-0.3, -0.25) is 14.5 Å². The van der Waals surface area contributed by atoms with Gasteiger partial charge in [0.05, 0.1) is 19.1 Å². The predicted octanol–water partition coefficient (Wildman–Crippen LogP) is 2.69. The zero-order valence-electron chi connectivity index (χ0n) is 16.4. The average Bonchev–Trinajstić information content (AvgIpc) is 2.69. The predicted molar refractivity (Wildman–Crippen MR) is 108 cm³/mol. The van der Waals surface area contributed by atoms with Crippen molar-refractivity contribution >= 4 is 11.8 Å². The number of hydrogen-bond acceptors (Lipinski definition) is 3. The summed E-state index contributed by atoms with van der Waals surface area (Å²) in [5.74, 6) is -0.0728. The summed E-state index contributed by atoms with van der Waals surface area (Å²) in [4.78, 5) is 28.5. The van der Waals surface area contributed by atoms with Gasteiger partial charge in [0.2, 0.25) is 11.8 Å². The van der Waals surface area contributed by atoms with Crippen molar-refractivity contribution < 1.29 is 9.59 Å². The van der Waals surface area contributed by atoms with Crippen molar-refractivity contribution in [3.8, 4) is 0 Å². The van der Waals surface area contributed by atoms with Crippen molar-refractivity contribution in [2.24, 2.45) is 0 Å². The van der Waals surface area contributed by atoms with Gasteiger partial charge >= 0.3 is 0 Å². The Balaban J connectivity index is 2.18. The first-order valence-corrected chi connectivity index (χ1v) is 9.41. The highest BCUT2D eigenvalue weighted by Gasteiger charge is 2.24. The summed E-state index contributed by atoms with van der Waals surface area (Å²) in [6.07, 6.45) is 0. The maximum atomic E-state index is 13.0. The lowest BCUT2D eigenvalue weighted by atomic mass is 9.97.